The summed E-state index contributed by atoms with van der Waals surface area (Å²) in [5.41, 5.74) is 11.1. The van der Waals surface area contributed by atoms with Crippen molar-refractivity contribution in [1.82, 2.24) is 4.98 Å². The van der Waals surface area contributed by atoms with E-state index in [0.717, 1.165) is 6.07 Å². The summed E-state index contributed by atoms with van der Waals surface area (Å²) >= 11 is 0. The zero-order valence-electron chi connectivity index (χ0n) is 9.91. The summed E-state index contributed by atoms with van der Waals surface area (Å²) < 4.78 is 38.5. The van der Waals surface area contributed by atoms with E-state index in [-0.39, 0.29) is 23.6 Å². The summed E-state index contributed by atoms with van der Waals surface area (Å²) in [7, 11) is 0. The van der Waals surface area contributed by atoms with Gasteiger partial charge < -0.3 is 11.5 Å². The molecule has 0 atom stereocenters. The van der Waals surface area contributed by atoms with Gasteiger partial charge in [0.25, 0.3) is 0 Å². The Hall–Kier alpha value is -2.24. The van der Waals surface area contributed by atoms with Crippen molar-refractivity contribution in [3.05, 3.63) is 53.1 Å². The van der Waals surface area contributed by atoms with E-state index in [0.29, 0.717) is 5.56 Å². The molecule has 0 bridgehead atoms. The van der Waals surface area contributed by atoms with Crippen LogP contribution in [0, 0.1) is 0 Å². The molecular weight excluding hydrogens is 255 g/mol. The Morgan fingerprint density at radius 2 is 1.63 bits per heavy atom. The van der Waals surface area contributed by atoms with Crippen LogP contribution in [0.15, 0.2) is 36.4 Å². The fourth-order valence-corrected chi connectivity index (χ4v) is 1.83. The Balaban J connectivity index is 2.39. The van der Waals surface area contributed by atoms with Crippen LogP contribution in [0.4, 0.5) is 24.8 Å². The van der Waals surface area contributed by atoms with Gasteiger partial charge in [0.2, 0.25) is 0 Å². The Bertz CT molecular complexity index is 594. The molecule has 0 amide bonds. The fourth-order valence-electron chi connectivity index (χ4n) is 1.83. The minimum absolute atomic E-state index is 0.0643. The zero-order chi connectivity index (χ0) is 14.0. The minimum atomic E-state index is -4.38. The average molecular weight is 267 g/mol. The second-order valence-corrected chi connectivity index (χ2v) is 4.11. The van der Waals surface area contributed by atoms with Crippen LogP contribution in [-0.4, -0.2) is 4.98 Å². The highest BCUT2D eigenvalue weighted by Crippen LogP contribution is 2.33. The van der Waals surface area contributed by atoms with Crippen LogP contribution in [0.2, 0.25) is 0 Å². The van der Waals surface area contributed by atoms with Crippen LogP contribution < -0.4 is 11.5 Å². The number of halogens is 3. The summed E-state index contributed by atoms with van der Waals surface area (Å²) in [4.78, 5) is 3.84. The first-order chi connectivity index (χ1) is 8.88. The molecular formula is C13H12F3N3. The highest BCUT2D eigenvalue weighted by molar-refractivity contribution is 5.49. The first kappa shape index (κ1) is 13.2. The smallest absolute Gasteiger partial charge is 0.384 e. The van der Waals surface area contributed by atoms with E-state index in [1.165, 1.54) is 18.2 Å². The normalized spacial score (nSPS) is 11.5. The van der Waals surface area contributed by atoms with E-state index >= 15 is 0 Å². The van der Waals surface area contributed by atoms with Gasteiger partial charge in [0.1, 0.15) is 11.6 Å². The molecule has 0 aliphatic carbocycles. The highest BCUT2D eigenvalue weighted by Gasteiger charge is 2.32. The average Bonchev–Trinajstić information content (AvgIpc) is 2.32. The van der Waals surface area contributed by atoms with Gasteiger partial charge in [-0.2, -0.15) is 13.2 Å². The van der Waals surface area contributed by atoms with E-state index < -0.39 is 11.7 Å². The molecule has 0 saturated heterocycles. The number of aromatic nitrogens is 1. The number of benzene rings is 1. The quantitative estimate of drug-likeness (QED) is 0.879. The predicted molar refractivity (Wildman–Crippen MR) is 67.3 cm³/mol. The standard InChI is InChI=1S/C13H12F3N3/c14-13(15,16)10-4-2-1-3-8(10)7-9-5-6-11(17)19-12(9)18/h1-6H,7H2,(H4,17,18,19). The van der Waals surface area contributed by atoms with Gasteiger partial charge in [-0.3, -0.25) is 0 Å². The van der Waals surface area contributed by atoms with E-state index in [2.05, 4.69) is 4.98 Å². The second kappa shape index (κ2) is 4.79. The minimum Gasteiger partial charge on any atom is -0.384 e. The zero-order valence-corrected chi connectivity index (χ0v) is 9.91. The van der Waals surface area contributed by atoms with Crippen LogP contribution in [0.3, 0.4) is 0 Å². The maximum atomic E-state index is 12.8. The third kappa shape index (κ3) is 2.96. The van der Waals surface area contributed by atoms with Gasteiger partial charge in [-0.1, -0.05) is 24.3 Å². The maximum Gasteiger partial charge on any atom is 0.416 e. The lowest BCUT2D eigenvalue weighted by atomic mass is 10.00. The van der Waals surface area contributed by atoms with Crippen molar-refractivity contribution in [2.75, 3.05) is 11.5 Å². The molecule has 0 unspecified atom stereocenters. The molecule has 6 heteroatoms. The molecule has 100 valence electrons. The van der Waals surface area contributed by atoms with Crippen molar-refractivity contribution in [2.24, 2.45) is 0 Å². The monoisotopic (exact) mass is 267 g/mol. The van der Waals surface area contributed by atoms with Crippen LogP contribution >= 0.6 is 0 Å². The molecule has 0 fully saturated rings. The van der Waals surface area contributed by atoms with Crippen LogP contribution in [0.25, 0.3) is 0 Å². The van der Waals surface area contributed by atoms with Crippen molar-refractivity contribution in [3.8, 4) is 0 Å². The molecule has 19 heavy (non-hydrogen) atoms. The largest absolute Gasteiger partial charge is 0.416 e. The fraction of sp³-hybridized carbons (Fsp3) is 0.154. The van der Waals surface area contributed by atoms with E-state index in [4.69, 9.17) is 11.5 Å². The maximum absolute atomic E-state index is 12.8. The Labute approximate surface area is 108 Å². The SMILES string of the molecule is Nc1ccc(Cc2ccccc2C(F)(F)F)c(N)n1. The molecule has 0 spiro atoms. The molecule has 2 aromatic rings. The van der Waals surface area contributed by atoms with Crippen molar-refractivity contribution in [3.63, 3.8) is 0 Å². The lowest BCUT2D eigenvalue weighted by molar-refractivity contribution is -0.138. The Morgan fingerprint density at radius 1 is 0.947 bits per heavy atom. The molecule has 3 nitrogen and oxygen atoms in total. The van der Waals surface area contributed by atoms with E-state index in [1.807, 2.05) is 0 Å². The molecule has 2 rings (SSSR count). The van der Waals surface area contributed by atoms with Gasteiger partial charge in [0, 0.05) is 6.42 Å². The summed E-state index contributed by atoms with van der Waals surface area (Å²) in [6.45, 7) is 0. The molecule has 0 aliphatic rings. The van der Waals surface area contributed by atoms with Gasteiger partial charge in [-0.25, -0.2) is 4.98 Å². The van der Waals surface area contributed by atoms with Crippen LogP contribution in [0.1, 0.15) is 16.7 Å². The molecule has 1 aromatic heterocycles. The summed E-state index contributed by atoms with van der Waals surface area (Å²) in [5.74, 6) is 0.391. The number of anilines is 2. The van der Waals surface area contributed by atoms with Crippen molar-refractivity contribution in [2.45, 2.75) is 12.6 Å². The highest BCUT2D eigenvalue weighted by atomic mass is 19.4. The van der Waals surface area contributed by atoms with Crippen molar-refractivity contribution < 1.29 is 13.2 Å². The molecule has 1 aromatic carbocycles. The molecule has 0 saturated carbocycles. The number of hydrogen-bond donors (Lipinski definition) is 2. The van der Waals surface area contributed by atoms with Gasteiger partial charge in [-0.05, 0) is 23.3 Å². The summed E-state index contributed by atoms with van der Waals surface area (Å²) in [5, 5.41) is 0. The van der Waals surface area contributed by atoms with Gasteiger partial charge in [0.05, 0.1) is 5.56 Å². The lowest BCUT2D eigenvalue weighted by Gasteiger charge is -2.13. The van der Waals surface area contributed by atoms with Crippen LogP contribution in [0.5, 0.6) is 0 Å². The number of hydrogen-bond acceptors (Lipinski definition) is 3. The third-order valence-electron chi connectivity index (χ3n) is 2.74. The summed E-state index contributed by atoms with van der Waals surface area (Å²) in [6, 6.07) is 8.50. The number of nitrogens with zero attached hydrogens (tertiary/aromatic N) is 1. The van der Waals surface area contributed by atoms with Crippen molar-refractivity contribution in [1.29, 1.82) is 0 Å². The topological polar surface area (TPSA) is 64.9 Å². The van der Waals surface area contributed by atoms with Gasteiger partial charge in [0.15, 0.2) is 0 Å². The number of alkyl halides is 3. The van der Waals surface area contributed by atoms with Gasteiger partial charge in [-0.15, -0.1) is 0 Å². The first-order valence-electron chi connectivity index (χ1n) is 5.54. The predicted octanol–water partition coefficient (Wildman–Crippen LogP) is 2.86. The third-order valence-corrected chi connectivity index (χ3v) is 2.74. The number of nitrogen functional groups attached to an aromatic ring is 2. The number of nitrogens with two attached hydrogens (primary N) is 2. The van der Waals surface area contributed by atoms with E-state index in [9.17, 15) is 13.2 Å². The summed E-state index contributed by atoms with van der Waals surface area (Å²) in [6.07, 6.45) is -4.32. The lowest BCUT2D eigenvalue weighted by Crippen LogP contribution is -2.10. The number of pyridine rings is 1. The molecule has 4 N–H and O–H groups in total. The second-order valence-electron chi connectivity index (χ2n) is 4.11. The van der Waals surface area contributed by atoms with Crippen molar-refractivity contribution >= 4 is 11.6 Å². The molecule has 1 heterocycles. The molecule has 0 radical (unpaired) electrons. The van der Waals surface area contributed by atoms with E-state index in [1.54, 1.807) is 12.1 Å². The first-order valence-corrected chi connectivity index (χ1v) is 5.54. The number of rotatable bonds is 2. The Kier molecular flexibility index (Phi) is 3.33. The Morgan fingerprint density at radius 3 is 2.26 bits per heavy atom. The molecule has 0 aliphatic heterocycles. The van der Waals surface area contributed by atoms with Crippen LogP contribution in [-0.2, 0) is 12.6 Å². The van der Waals surface area contributed by atoms with Gasteiger partial charge >= 0.3 is 6.18 Å².